The number of nitrogens with one attached hydrogen (secondary N) is 1. The maximum absolute atomic E-state index is 5.76. The average molecular weight is 331 g/mol. The molecule has 0 aliphatic rings. The van der Waals surface area contributed by atoms with Gasteiger partial charge in [-0.05, 0) is 28.1 Å². The van der Waals surface area contributed by atoms with Crippen molar-refractivity contribution < 1.29 is 4.74 Å². The zero-order valence-electron chi connectivity index (χ0n) is 10.7. The van der Waals surface area contributed by atoms with Crippen LogP contribution in [0.5, 0.6) is 11.6 Å². The van der Waals surface area contributed by atoms with Gasteiger partial charge in [0.05, 0.1) is 22.4 Å². The van der Waals surface area contributed by atoms with E-state index in [2.05, 4.69) is 36.2 Å². The minimum absolute atomic E-state index is 0.446. The van der Waals surface area contributed by atoms with Crippen LogP contribution in [-0.2, 0) is 0 Å². The maximum Gasteiger partial charge on any atom is 0.238 e. The van der Waals surface area contributed by atoms with Crippen molar-refractivity contribution in [2.75, 3.05) is 12.4 Å². The Morgan fingerprint density at radius 2 is 2.00 bits per heavy atom. The molecule has 1 N–H and O–H groups in total. The Balaban J connectivity index is 1.96. The van der Waals surface area contributed by atoms with E-state index in [1.165, 1.54) is 0 Å². The number of hydrogen-bond donors (Lipinski definition) is 1. The van der Waals surface area contributed by atoms with Gasteiger partial charge in [0.25, 0.3) is 0 Å². The minimum Gasteiger partial charge on any atom is -0.436 e. The van der Waals surface area contributed by atoms with Crippen LogP contribution in [0.15, 0.2) is 47.2 Å². The number of nitrogens with zero attached hydrogens (tertiary/aromatic N) is 3. The van der Waals surface area contributed by atoms with Gasteiger partial charge in [-0.1, -0.05) is 18.2 Å². The topological polar surface area (TPSA) is 59.9 Å². The number of fused-ring (bicyclic) bond motifs is 1. The van der Waals surface area contributed by atoms with Crippen molar-refractivity contribution in [1.82, 2.24) is 15.0 Å². The Morgan fingerprint density at radius 1 is 1.15 bits per heavy atom. The zero-order chi connectivity index (χ0) is 13.9. The second-order valence-corrected chi connectivity index (χ2v) is 4.92. The Hall–Kier alpha value is -2.21. The molecule has 6 heteroatoms. The smallest absolute Gasteiger partial charge is 0.238 e. The van der Waals surface area contributed by atoms with Gasteiger partial charge in [-0.25, -0.2) is 4.98 Å². The van der Waals surface area contributed by atoms with E-state index in [0.29, 0.717) is 22.1 Å². The van der Waals surface area contributed by atoms with E-state index in [1.807, 2.05) is 30.3 Å². The lowest BCUT2D eigenvalue weighted by Crippen LogP contribution is -1.98. The van der Waals surface area contributed by atoms with Crippen molar-refractivity contribution in [1.29, 1.82) is 0 Å². The Labute approximate surface area is 124 Å². The summed E-state index contributed by atoms with van der Waals surface area (Å²) in [5.74, 6) is 1.57. The summed E-state index contributed by atoms with van der Waals surface area (Å²) in [7, 11) is 1.75. The molecule has 2 heterocycles. The van der Waals surface area contributed by atoms with Crippen LogP contribution >= 0.6 is 15.9 Å². The van der Waals surface area contributed by atoms with Crippen molar-refractivity contribution in [2.24, 2.45) is 0 Å². The molecule has 0 saturated heterocycles. The van der Waals surface area contributed by atoms with Crippen molar-refractivity contribution in [3.05, 3.63) is 47.2 Å². The number of rotatable bonds is 3. The second kappa shape index (κ2) is 5.42. The lowest BCUT2D eigenvalue weighted by molar-refractivity contribution is 0.458. The molecule has 1 aromatic carbocycles. The van der Waals surface area contributed by atoms with Crippen LogP contribution in [0.1, 0.15) is 0 Å². The minimum atomic E-state index is 0.446. The van der Waals surface area contributed by atoms with Crippen LogP contribution < -0.4 is 10.1 Å². The number of halogens is 1. The highest BCUT2D eigenvalue weighted by molar-refractivity contribution is 9.10. The lowest BCUT2D eigenvalue weighted by Gasteiger charge is -2.08. The third-order valence-corrected chi connectivity index (χ3v) is 3.26. The van der Waals surface area contributed by atoms with Crippen LogP contribution in [0, 0.1) is 0 Å². The monoisotopic (exact) mass is 330 g/mol. The SMILES string of the molecule is CNc1ncc(Br)c(Oc2cnc3ccccc3c2)n1. The predicted octanol–water partition coefficient (Wildman–Crippen LogP) is 3.62. The molecule has 0 bridgehead atoms. The molecule has 0 fully saturated rings. The zero-order valence-corrected chi connectivity index (χ0v) is 12.3. The molecule has 0 radical (unpaired) electrons. The maximum atomic E-state index is 5.76. The highest BCUT2D eigenvalue weighted by Gasteiger charge is 2.08. The van der Waals surface area contributed by atoms with Gasteiger partial charge in [0.1, 0.15) is 5.75 Å². The number of hydrogen-bond acceptors (Lipinski definition) is 5. The van der Waals surface area contributed by atoms with E-state index in [1.54, 1.807) is 19.4 Å². The standard InChI is InChI=1S/C14H11BrN4O/c1-16-14-18-8-11(15)13(19-14)20-10-6-9-4-2-3-5-12(9)17-7-10/h2-8H,1H3,(H,16,18,19). The summed E-state index contributed by atoms with van der Waals surface area (Å²) in [6.45, 7) is 0. The summed E-state index contributed by atoms with van der Waals surface area (Å²) in [5.41, 5.74) is 0.928. The highest BCUT2D eigenvalue weighted by atomic mass is 79.9. The van der Waals surface area contributed by atoms with Gasteiger partial charge in [0, 0.05) is 12.4 Å². The number of pyridine rings is 1. The first-order chi connectivity index (χ1) is 9.76. The summed E-state index contributed by atoms with van der Waals surface area (Å²) in [5, 5.41) is 3.89. The van der Waals surface area contributed by atoms with Gasteiger partial charge >= 0.3 is 0 Å². The summed E-state index contributed by atoms with van der Waals surface area (Å²) in [4.78, 5) is 12.7. The molecule has 2 aromatic heterocycles. The largest absolute Gasteiger partial charge is 0.436 e. The van der Waals surface area contributed by atoms with Crippen LogP contribution in [-0.4, -0.2) is 22.0 Å². The van der Waals surface area contributed by atoms with Crippen molar-refractivity contribution >= 4 is 32.8 Å². The van der Waals surface area contributed by atoms with Gasteiger partial charge in [-0.2, -0.15) is 4.98 Å². The second-order valence-electron chi connectivity index (χ2n) is 4.06. The summed E-state index contributed by atoms with van der Waals surface area (Å²) in [6.07, 6.45) is 3.32. The predicted molar refractivity (Wildman–Crippen MR) is 81.1 cm³/mol. The van der Waals surface area contributed by atoms with E-state index in [9.17, 15) is 0 Å². The van der Waals surface area contributed by atoms with E-state index < -0.39 is 0 Å². The van der Waals surface area contributed by atoms with E-state index in [-0.39, 0.29) is 0 Å². The molecule has 0 aliphatic heterocycles. The van der Waals surface area contributed by atoms with Gasteiger partial charge in [-0.15, -0.1) is 0 Å². The van der Waals surface area contributed by atoms with Gasteiger partial charge in [-0.3, -0.25) is 4.98 Å². The number of benzene rings is 1. The fourth-order valence-corrected chi connectivity index (χ4v) is 2.03. The van der Waals surface area contributed by atoms with E-state index in [0.717, 1.165) is 10.9 Å². The van der Waals surface area contributed by atoms with E-state index >= 15 is 0 Å². The van der Waals surface area contributed by atoms with Crippen molar-refractivity contribution in [3.63, 3.8) is 0 Å². The van der Waals surface area contributed by atoms with Crippen LogP contribution in [0.4, 0.5) is 5.95 Å². The molecule has 5 nitrogen and oxygen atoms in total. The molecule has 0 unspecified atom stereocenters. The molecule has 0 saturated carbocycles. The van der Waals surface area contributed by atoms with Gasteiger partial charge < -0.3 is 10.1 Å². The first-order valence-corrected chi connectivity index (χ1v) is 6.78. The molecule has 0 spiro atoms. The summed E-state index contributed by atoms with van der Waals surface area (Å²) < 4.78 is 6.44. The molecule has 100 valence electrons. The third-order valence-electron chi connectivity index (χ3n) is 2.72. The third kappa shape index (κ3) is 2.55. The van der Waals surface area contributed by atoms with Crippen LogP contribution in [0.2, 0.25) is 0 Å². The highest BCUT2D eigenvalue weighted by Crippen LogP contribution is 2.28. The number of para-hydroxylation sites is 1. The van der Waals surface area contributed by atoms with Gasteiger partial charge in [0.2, 0.25) is 11.8 Å². The fraction of sp³-hybridized carbons (Fsp3) is 0.0714. The Bertz CT molecular complexity index is 763. The Morgan fingerprint density at radius 3 is 2.85 bits per heavy atom. The first-order valence-electron chi connectivity index (χ1n) is 5.99. The normalized spacial score (nSPS) is 10.5. The number of aromatic nitrogens is 3. The van der Waals surface area contributed by atoms with Crippen molar-refractivity contribution in [3.8, 4) is 11.6 Å². The summed E-state index contributed by atoms with van der Waals surface area (Å²) >= 11 is 3.37. The molecule has 3 aromatic rings. The van der Waals surface area contributed by atoms with Crippen LogP contribution in [0.3, 0.4) is 0 Å². The van der Waals surface area contributed by atoms with Crippen LogP contribution in [0.25, 0.3) is 10.9 Å². The molecule has 20 heavy (non-hydrogen) atoms. The lowest BCUT2D eigenvalue weighted by atomic mass is 10.2. The average Bonchev–Trinajstić information content (AvgIpc) is 2.49. The quantitative estimate of drug-likeness (QED) is 0.794. The molecule has 0 amide bonds. The summed E-state index contributed by atoms with van der Waals surface area (Å²) in [6, 6.07) is 9.79. The first kappa shape index (κ1) is 12.8. The number of anilines is 1. The molecule has 3 rings (SSSR count). The Kier molecular flexibility index (Phi) is 3.47. The van der Waals surface area contributed by atoms with Crippen molar-refractivity contribution in [2.45, 2.75) is 0 Å². The fourth-order valence-electron chi connectivity index (χ4n) is 1.76. The molecule has 0 aliphatic carbocycles. The molecular formula is C14H11BrN4O. The van der Waals surface area contributed by atoms with Gasteiger partial charge in [0.15, 0.2) is 0 Å². The number of ether oxygens (including phenoxy) is 1. The van der Waals surface area contributed by atoms with E-state index in [4.69, 9.17) is 4.74 Å². The molecule has 0 atom stereocenters. The molecular weight excluding hydrogens is 320 g/mol.